The summed E-state index contributed by atoms with van der Waals surface area (Å²) in [6, 6.07) is 10.6. The molecule has 2 aromatic heterocycles. The van der Waals surface area contributed by atoms with Crippen molar-refractivity contribution in [2.24, 2.45) is 0 Å². The molecule has 0 bridgehead atoms. The van der Waals surface area contributed by atoms with Crippen molar-refractivity contribution in [1.82, 2.24) is 10.2 Å². The van der Waals surface area contributed by atoms with Crippen LogP contribution in [0.25, 0.3) is 17.4 Å². The fraction of sp³-hybridized carbons (Fsp3) is 0.0500. The minimum Gasteiger partial charge on any atom is -0.467 e. The lowest BCUT2D eigenvalue weighted by Crippen LogP contribution is -2.53. The van der Waals surface area contributed by atoms with Gasteiger partial charge in [0.05, 0.1) is 17.8 Å². The summed E-state index contributed by atoms with van der Waals surface area (Å²) in [6.45, 7) is -0.105. The van der Waals surface area contributed by atoms with E-state index in [0.29, 0.717) is 27.1 Å². The van der Waals surface area contributed by atoms with Gasteiger partial charge in [-0.05, 0) is 48.5 Å². The van der Waals surface area contributed by atoms with Crippen molar-refractivity contribution < 1.29 is 23.2 Å². The minimum atomic E-state index is -0.818. The Morgan fingerprint density at radius 3 is 2.62 bits per heavy atom. The first-order valence-corrected chi connectivity index (χ1v) is 9.14. The molecule has 0 aliphatic carbocycles. The van der Waals surface area contributed by atoms with E-state index >= 15 is 0 Å². The van der Waals surface area contributed by atoms with Crippen molar-refractivity contribution in [1.29, 1.82) is 0 Å². The number of amides is 4. The third-order valence-corrected chi connectivity index (χ3v) is 4.74. The van der Waals surface area contributed by atoms with Gasteiger partial charge in [-0.1, -0.05) is 23.2 Å². The summed E-state index contributed by atoms with van der Waals surface area (Å²) in [5.74, 6) is -0.474. The van der Waals surface area contributed by atoms with Crippen LogP contribution in [0.5, 0.6) is 0 Å². The summed E-state index contributed by atoms with van der Waals surface area (Å²) >= 11 is 12.1. The van der Waals surface area contributed by atoms with E-state index in [0.717, 1.165) is 4.90 Å². The average Bonchev–Trinajstić information content (AvgIpc) is 3.34. The van der Waals surface area contributed by atoms with E-state index < -0.39 is 17.8 Å². The molecule has 29 heavy (non-hydrogen) atoms. The van der Waals surface area contributed by atoms with E-state index in [9.17, 15) is 14.4 Å². The Morgan fingerprint density at radius 1 is 1.07 bits per heavy atom. The molecule has 1 aliphatic rings. The Labute approximate surface area is 174 Å². The van der Waals surface area contributed by atoms with Crippen LogP contribution >= 0.6 is 23.2 Å². The summed E-state index contributed by atoms with van der Waals surface area (Å²) < 4.78 is 10.9. The van der Waals surface area contributed by atoms with Crippen LogP contribution in [-0.4, -0.2) is 22.7 Å². The highest BCUT2D eigenvalue weighted by atomic mass is 35.5. The molecule has 4 rings (SSSR count). The third-order valence-electron chi connectivity index (χ3n) is 4.19. The van der Waals surface area contributed by atoms with E-state index in [4.69, 9.17) is 32.0 Å². The van der Waals surface area contributed by atoms with Crippen LogP contribution in [0.2, 0.25) is 10.0 Å². The Bertz CT molecular complexity index is 1150. The van der Waals surface area contributed by atoms with Crippen LogP contribution in [0.4, 0.5) is 4.79 Å². The number of nitrogens with one attached hydrogen (secondary N) is 1. The molecule has 0 saturated carbocycles. The topological polar surface area (TPSA) is 92.8 Å². The molecule has 0 radical (unpaired) electrons. The Kier molecular flexibility index (Phi) is 5.00. The number of furan rings is 2. The second-order valence-corrected chi connectivity index (χ2v) is 6.96. The molecule has 1 saturated heterocycles. The van der Waals surface area contributed by atoms with Gasteiger partial charge in [0.25, 0.3) is 11.8 Å². The molecular formula is C20H12Cl2N2O5. The predicted octanol–water partition coefficient (Wildman–Crippen LogP) is 4.51. The van der Waals surface area contributed by atoms with E-state index in [-0.39, 0.29) is 17.9 Å². The van der Waals surface area contributed by atoms with Crippen LogP contribution in [0.15, 0.2) is 63.1 Å². The normalized spacial score (nSPS) is 15.9. The molecule has 146 valence electrons. The quantitative estimate of drug-likeness (QED) is 0.485. The molecule has 3 heterocycles. The number of urea groups is 1. The van der Waals surface area contributed by atoms with Gasteiger partial charge in [0, 0.05) is 10.6 Å². The summed E-state index contributed by atoms with van der Waals surface area (Å²) in [6.07, 6.45) is 2.70. The molecule has 0 unspecified atom stereocenters. The van der Waals surface area contributed by atoms with Gasteiger partial charge in [-0.25, -0.2) is 4.79 Å². The number of barbiturate groups is 1. The van der Waals surface area contributed by atoms with Crippen LogP contribution in [-0.2, 0) is 16.1 Å². The Balaban J connectivity index is 1.63. The smallest absolute Gasteiger partial charge is 0.331 e. The van der Waals surface area contributed by atoms with Crippen molar-refractivity contribution in [3.8, 4) is 11.3 Å². The van der Waals surface area contributed by atoms with Crippen LogP contribution in [0.1, 0.15) is 11.5 Å². The zero-order chi connectivity index (χ0) is 20.5. The monoisotopic (exact) mass is 430 g/mol. The number of benzene rings is 1. The summed E-state index contributed by atoms with van der Waals surface area (Å²) in [5, 5.41) is 3.02. The Morgan fingerprint density at radius 2 is 1.90 bits per heavy atom. The number of nitrogens with zero attached hydrogens (tertiary/aromatic N) is 1. The van der Waals surface area contributed by atoms with E-state index in [1.807, 2.05) is 0 Å². The van der Waals surface area contributed by atoms with Gasteiger partial charge in [-0.15, -0.1) is 0 Å². The number of carbonyl (C=O) groups is 3. The zero-order valence-electron chi connectivity index (χ0n) is 14.6. The largest absolute Gasteiger partial charge is 0.467 e. The number of hydrogen-bond donors (Lipinski definition) is 1. The first kappa shape index (κ1) is 19.0. The maximum absolute atomic E-state index is 12.7. The second-order valence-electron chi connectivity index (χ2n) is 6.11. The van der Waals surface area contributed by atoms with Crippen molar-refractivity contribution in [3.63, 3.8) is 0 Å². The SMILES string of the molecule is O=C1NC(=O)N(Cc2ccco2)C(=O)C1=Cc1ccc(-c2ccc(Cl)cc2Cl)o1. The lowest BCUT2D eigenvalue weighted by atomic mass is 10.1. The van der Waals surface area contributed by atoms with Crippen molar-refractivity contribution in [3.05, 3.63) is 75.9 Å². The molecule has 0 spiro atoms. The van der Waals surface area contributed by atoms with E-state index in [1.165, 1.54) is 12.3 Å². The molecular weight excluding hydrogens is 419 g/mol. The third kappa shape index (κ3) is 3.83. The number of carbonyl (C=O) groups excluding carboxylic acids is 3. The number of imide groups is 2. The molecule has 7 nitrogen and oxygen atoms in total. The highest BCUT2D eigenvalue weighted by Gasteiger charge is 2.36. The Hall–Kier alpha value is -3.29. The number of rotatable bonds is 4. The molecule has 1 N–H and O–H groups in total. The first-order valence-electron chi connectivity index (χ1n) is 8.39. The molecule has 4 amide bonds. The van der Waals surface area contributed by atoms with Crippen LogP contribution in [0, 0.1) is 0 Å². The van der Waals surface area contributed by atoms with Gasteiger partial charge in [-0.3, -0.25) is 19.8 Å². The van der Waals surface area contributed by atoms with E-state index in [1.54, 1.807) is 42.5 Å². The minimum absolute atomic E-state index is 0.105. The fourth-order valence-corrected chi connectivity index (χ4v) is 3.30. The summed E-state index contributed by atoms with van der Waals surface area (Å²) in [7, 11) is 0. The molecule has 1 aliphatic heterocycles. The molecule has 1 fully saturated rings. The fourth-order valence-electron chi connectivity index (χ4n) is 2.80. The van der Waals surface area contributed by atoms with Gasteiger partial charge in [0.1, 0.15) is 22.9 Å². The van der Waals surface area contributed by atoms with Crippen molar-refractivity contribution in [2.75, 3.05) is 0 Å². The van der Waals surface area contributed by atoms with E-state index in [2.05, 4.69) is 5.32 Å². The molecule has 9 heteroatoms. The lowest BCUT2D eigenvalue weighted by Gasteiger charge is -2.25. The van der Waals surface area contributed by atoms with Gasteiger partial charge >= 0.3 is 6.03 Å². The number of hydrogen-bond acceptors (Lipinski definition) is 5. The standard InChI is InChI=1S/C20H12Cl2N2O5/c21-11-3-5-14(16(22)8-11)17-6-4-12(29-17)9-15-18(25)23-20(27)24(19(15)26)10-13-2-1-7-28-13/h1-9H,10H2,(H,23,25,27). The maximum atomic E-state index is 12.7. The van der Waals surface area contributed by atoms with Crippen molar-refractivity contribution >= 4 is 47.1 Å². The first-order chi connectivity index (χ1) is 13.9. The lowest BCUT2D eigenvalue weighted by molar-refractivity contribution is -0.130. The molecule has 3 aromatic rings. The maximum Gasteiger partial charge on any atom is 0.331 e. The van der Waals surface area contributed by atoms with Crippen LogP contribution in [0.3, 0.4) is 0 Å². The highest BCUT2D eigenvalue weighted by molar-refractivity contribution is 6.36. The molecule has 0 atom stereocenters. The van der Waals surface area contributed by atoms with Gasteiger partial charge in [0.15, 0.2) is 0 Å². The predicted molar refractivity (Wildman–Crippen MR) is 105 cm³/mol. The highest BCUT2D eigenvalue weighted by Crippen LogP contribution is 2.32. The van der Waals surface area contributed by atoms with Crippen LogP contribution < -0.4 is 5.32 Å². The summed E-state index contributed by atoms with van der Waals surface area (Å²) in [5.41, 5.74) is 0.369. The van der Waals surface area contributed by atoms with Gasteiger partial charge in [-0.2, -0.15) is 0 Å². The average molecular weight is 431 g/mol. The summed E-state index contributed by atoms with van der Waals surface area (Å²) in [4.78, 5) is 37.8. The van der Waals surface area contributed by atoms with Gasteiger partial charge < -0.3 is 8.83 Å². The molecule has 1 aromatic carbocycles. The van der Waals surface area contributed by atoms with Gasteiger partial charge in [0.2, 0.25) is 0 Å². The zero-order valence-corrected chi connectivity index (χ0v) is 16.2. The van der Waals surface area contributed by atoms with Crippen molar-refractivity contribution in [2.45, 2.75) is 6.54 Å². The second kappa shape index (κ2) is 7.62. The number of halogens is 2.